The number of ketones is 2. The topological polar surface area (TPSA) is 69.7 Å². The first-order valence-corrected chi connectivity index (χ1v) is 12.3. The Kier molecular flexibility index (Phi) is 5.93. The molecule has 2 aromatic rings. The molecule has 3 aliphatic rings. The molecule has 0 aromatic heterocycles. The molecule has 0 saturated carbocycles. The van der Waals surface area contributed by atoms with Crippen LogP contribution in [0.1, 0.15) is 75.2 Å². The molecule has 0 radical (unpaired) electrons. The molecule has 5 rings (SSSR count). The Hall–Kier alpha value is -3.61. The fourth-order valence-corrected chi connectivity index (χ4v) is 5.59. The highest BCUT2D eigenvalue weighted by molar-refractivity contribution is 6.06. The van der Waals surface area contributed by atoms with Crippen LogP contribution in [0.2, 0.25) is 0 Å². The first-order chi connectivity index (χ1) is 17.3. The zero-order valence-corrected chi connectivity index (χ0v) is 21.2. The van der Waals surface area contributed by atoms with E-state index in [4.69, 9.17) is 9.47 Å². The molecule has 0 unspecified atom stereocenters. The van der Waals surface area contributed by atoms with Crippen molar-refractivity contribution < 1.29 is 32.6 Å². The van der Waals surface area contributed by atoms with Crippen molar-refractivity contribution in [1.82, 2.24) is 0 Å². The summed E-state index contributed by atoms with van der Waals surface area (Å²) < 4.78 is 39.5. The van der Waals surface area contributed by atoms with Crippen molar-refractivity contribution in [3.63, 3.8) is 0 Å². The monoisotopic (exact) mass is 506 g/mol. The van der Waals surface area contributed by atoms with Crippen molar-refractivity contribution in [3.8, 4) is 5.75 Å². The third-order valence-electron chi connectivity index (χ3n) is 7.17. The van der Waals surface area contributed by atoms with Gasteiger partial charge in [0.15, 0.2) is 11.6 Å². The molecule has 5 nitrogen and oxygen atoms in total. The van der Waals surface area contributed by atoms with Gasteiger partial charge >= 0.3 is 5.97 Å². The van der Waals surface area contributed by atoms with E-state index in [1.165, 1.54) is 12.1 Å². The van der Waals surface area contributed by atoms with E-state index in [1.807, 2.05) is 27.7 Å². The summed E-state index contributed by atoms with van der Waals surface area (Å²) in [7, 11) is 0. The van der Waals surface area contributed by atoms with Gasteiger partial charge in [-0.3, -0.25) is 9.59 Å². The minimum absolute atomic E-state index is 0.0500. The maximum Gasteiger partial charge on any atom is 0.349 e. The van der Waals surface area contributed by atoms with Crippen LogP contribution in [-0.2, 0) is 14.3 Å². The van der Waals surface area contributed by atoms with E-state index in [1.54, 1.807) is 12.1 Å². The van der Waals surface area contributed by atoms with Gasteiger partial charge in [-0.1, -0.05) is 45.9 Å². The molecule has 2 aliphatic carbocycles. The lowest BCUT2D eigenvalue weighted by atomic mass is 9.65. The highest BCUT2D eigenvalue weighted by Gasteiger charge is 2.47. The first kappa shape index (κ1) is 25.1. The molecule has 0 bridgehead atoms. The number of esters is 1. The predicted molar refractivity (Wildman–Crippen MR) is 132 cm³/mol. The van der Waals surface area contributed by atoms with Crippen LogP contribution in [0.5, 0.6) is 5.75 Å². The van der Waals surface area contributed by atoms with Gasteiger partial charge in [0, 0.05) is 42.7 Å². The molecule has 1 aliphatic heterocycles. The van der Waals surface area contributed by atoms with E-state index in [9.17, 15) is 23.2 Å². The van der Waals surface area contributed by atoms with Gasteiger partial charge < -0.3 is 9.47 Å². The quantitative estimate of drug-likeness (QED) is 0.347. The van der Waals surface area contributed by atoms with Gasteiger partial charge in [-0.15, -0.1) is 0 Å². The SMILES string of the molecule is CC1(C)CC(=O)C2=C(C1)OC1=C(C(=O)CC(C)(C)C1)C2c1ccc(OC(=O)c2c(F)cccc2F)cc1. The van der Waals surface area contributed by atoms with Gasteiger partial charge in [-0.25, -0.2) is 13.6 Å². The molecule has 192 valence electrons. The standard InChI is InChI=1S/C30H28F2O5/c1-29(2)12-20(33)26-22(14-29)37-23-15-30(3,4)13-21(34)27(23)24(26)16-8-10-17(11-9-16)36-28(35)25-18(31)6-5-7-19(25)32/h5-11,24H,12-15H2,1-4H3. The Balaban J connectivity index is 1.52. The summed E-state index contributed by atoms with van der Waals surface area (Å²) in [6.45, 7) is 8.09. The van der Waals surface area contributed by atoms with Crippen LogP contribution in [0, 0.1) is 22.5 Å². The molecular weight excluding hydrogens is 478 g/mol. The smallest absolute Gasteiger partial charge is 0.349 e. The number of allylic oxidation sites excluding steroid dienone is 4. The number of Topliss-reactive ketones (excluding diaryl/α,β-unsaturated/α-hetero) is 2. The summed E-state index contributed by atoms with van der Waals surface area (Å²) >= 11 is 0. The number of carbonyl (C=O) groups is 3. The number of carbonyl (C=O) groups excluding carboxylic acids is 3. The average molecular weight is 507 g/mol. The molecule has 1 heterocycles. The Bertz CT molecular complexity index is 1320. The Morgan fingerprint density at radius 1 is 0.811 bits per heavy atom. The van der Waals surface area contributed by atoms with Crippen molar-refractivity contribution in [3.05, 3.63) is 87.9 Å². The van der Waals surface area contributed by atoms with Crippen LogP contribution in [0.15, 0.2) is 65.1 Å². The second kappa shape index (κ2) is 8.75. The second-order valence-corrected chi connectivity index (χ2v) is 11.6. The Morgan fingerprint density at radius 3 is 1.78 bits per heavy atom. The van der Waals surface area contributed by atoms with Gasteiger partial charge in [0.25, 0.3) is 0 Å². The van der Waals surface area contributed by atoms with E-state index in [0.717, 1.165) is 18.2 Å². The summed E-state index contributed by atoms with van der Waals surface area (Å²) in [4.78, 5) is 39.1. The minimum atomic E-state index is -1.15. The lowest BCUT2D eigenvalue weighted by molar-refractivity contribution is -0.120. The fraction of sp³-hybridized carbons (Fsp3) is 0.367. The molecular formula is C30H28F2O5. The molecule has 0 N–H and O–H groups in total. The summed E-state index contributed by atoms with van der Waals surface area (Å²) in [6.07, 6.45) is 1.86. The van der Waals surface area contributed by atoms with Gasteiger partial charge in [-0.2, -0.15) is 0 Å². The van der Waals surface area contributed by atoms with Crippen molar-refractivity contribution in [2.45, 2.75) is 59.3 Å². The number of hydrogen-bond donors (Lipinski definition) is 0. The zero-order valence-electron chi connectivity index (χ0n) is 21.2. The molecule has 0 fully saturated rings. The molecule has 0 atom stereocenters. The number of halogens is 2. The predicted octanol–water partition coefficient (Wildman–Crippen LogP) is 6.58. The largest absolute Gasteiger partial charge is 0.465 e. The van der Waals surface area contributed by atoms with Crippen LogP contribution < -0.4 is 4.74 Å². The highest BCUT2D eigenvalue weighted by atomic mass is 19.1. The summed E-state index contributed by atoms with van der Waals surface area (Å²) in [5.41, 5.74) is 0.404. The third-order valence-corrected chi connectivity index (χ3v) is 7.17. The van der Waals surface area contributed by atoms with E-state index < -0.39 is 29.1 Å². The van der Waals surface area contributed by atoms with Gasteiger partial charge in [0.05, 0.1) is 0 Å². The number of rotatable bonds is 3. The summed E-state index contributed by atoms with van der Waals surface area (Å²) in [5, 5.41) is 0. The lowest BCUT2D eigenvalue weighted by Crippen LogP contribution is -2.37. The van der Waals surface area contributed by atoms with Crippen LogP contribution in [-0.4, -0.2) is 17.5 Å². The molecule has 0 saturated heterocycles. The van der Waals surface area contributed by atoms with Crippen molar-refractivity contribution >= 4 is 17.5 Å². The first-order valence-electron chi connectivity index (χ1n) is 12.3. The van der Waals surface area contributed by atoms with Crippen molar-refractivity contribution in [2.24, 2.45) is 10.8 Å². The molecule has 0 spiro atoms. The Labute approximate surface area is 214 Å². The average Bonchev–Trinajstić information content (AvgIpc) is 2.76. The number of benzene rings is 2. The summed E-state index contributed by atoms with van der Waals surface area (Å²) in [5.74, 6) is -2.56. The van der Waals surface area contributed by atoms with E-state index >= 15 is 0 Å². The molecule has 2 aromatic carbocycles. The minimum Gasteiger partial charge on any atom is -0.465 e. The highest BCUT2D eigenvalue weighted by Crippen LogP contribution is 2.53. The lowest BCUT2D eigenvalue weighted by Gasteiger charge is -2.42. The molecule has 0 amide bonds. The van der Waals surface area contributed by atoms with Crippen LogP contribution >= 0.6 is 0 Å². The van der Waals surface area contributed by atoms with Gasteiger partial charge in [0.2, 0.25) is 0 Å². The fourth-order valence-electron chi connectivity index (χ4n) is 5.59. The molecule has 7 heteroatoms. The van der Waals surface area contributed by atoms with Crippen molar-refractivity contribution in [2.75, 3.05) is 0 Å². The summed E-state index contributed by atoms with van der Waals surface area (Å²) in [6, 6.07) is 9.46. The zero-order chi connectivity index (χ0) is 26.7. The Morgan fingerprint density at radius 2 is 1.30 bits per heavy atom. The van der Waals surface area contributed by atoms with Crippen molar-refractivity contribution in [1.29, 1.82) is 0 Å². The second-order valence-electron chi connectivity index (χ2n) is 11.6. The van der Waals surface area contributed by atoms with E-state index in [2.05, 4.69) is 0 Å². The number of hydrogen-bond acceptors (Lipinski definition) is 5. The third kappa shape index (κ3) is 4.63. The van der Waals surface area contributed by atoms with Crippen LogP contribution in [0.3, 0.4) is 0 Å². The van der Waals surface area contributed by atoms with Crippen LogP contribution in [0.25, 0.3) is 0 Å². The van der Waals surface area contributed by atoms with Crippen LogP contribution in [0.4, 0.5) is 8.78 Å². The maximum absolute atomic E-state index is 14.0. The van der Waals surface area contributed by atoms with Gasteiger partial charge in [-0.05, 0) is 40.7 Å². The van der Waals surface area contributed by atoms with E-state index in [0.29, 0.717) is 53.9 Å². The maximum atomic E-state index is 14.0. The normalized spacial score (nSPS) is 20.8. The van der Waals surface area contributed by atoms with Gasteiger partial charge in [0.1, 0.15) is 34.5 Å². The number of ether oxygens (including phenoxy) is 2. The molecule has 37 heavy (non-hydrogen) atoms. The van der Waals surface area contributed by atoms with E-state index in [-0.39, 0.29) is 28.1 Å².